The van der Waals surface area contributed by atoms with E-state index in [9.17, 15) is 0 Å². The van der Waals surface area contributed by atoms with Crippen molar-refractivity contribution in [1.82, 2.24) is 10.5 Å². The summed E-state index contributed by atoms with van der Waals surface area (Å²) in [4.78, 5) is 0. The Morgan fingerprint density at radius 2 is 2.00 bits per heavy atom. The molecule has 0 aliphatic heterocycles. The normalized spacial score (nSPS) is 14.1. The Bertz CT molecular complexity index is 578. The summed E-state index contributed by atoms with van der Waals surface area (Å²) in [5.74, 6) is 2.18. The second kappa shape index (κ2) is 6.63. The molecule has 1 heterocycles. The molecule has 5 heteroatoms. The summed E-state index contributed by atoms with van der Waals surface area (Å²) < 4.78 is 16.6. The Morgan fingerprint density at radius 3 is 2.71 bits per heavy atom. The first-order valence-corrected chi connectivity index (χ1v) is 7.37. The number of nitrogens with zero attached hydrogens (tertiary/aromatic N) is 1. The van der Waals surface area contributed by atoms with E-state index >= 15 is 0 Å². The van der Waals surface area contributed by atoms with Crippen molar-refractivity contribution in [2.45, 2.75) is 39.0 Å². The van der Waals surface area contributed by atoms with E-state index in [1.165, 1.54) is 12.8 Å². The molecule has 21 heavy (non-hydrogen) atoms. The quantitative estimate of drug-likeness (QED) is 0.809. The molecule has 0 saturated heterocycles. The lowest BCUT2D eigenvalue weighted by Crippen LogP contribution is -2.15. The topological polar surface area (TPSA) is 56.5 Å². The monoisotopic (exact) mass is 288 g/mol. The van der Waals surface area contributed by atoms with Crippen molar-refractivity contribution in [1.29, 1.82) is 0 Å². The Hall–Kier alpha value is -2.01. The van der Waals surface area contributed by atoms with Crippen LogP contribution in [0, 0.1) is 0 Å². The number of hydrogen-bond donors (Lipinski definition) is 1. The average Bonchev–Trinajstić information content (AvgIpc) is 3.23. The minimum Gasteiger partial charge on any atom is -0.490 e. The van der Waals surface area contributed by atoms with Crippen LogP contribution in [-0.4, -0.2) is 17.8 Å². The van der Waals surface area contributed by atoms with Crippen LogP contribution in [0.25, 0.3) is 0 Å². The molecule has 1 aromatic carbocycles. The van der Waals surface area contributed by atoms with Gasteiger partial charge in [0.25, 0.3) is 0 Å². The Kier molecular flexibility index (Phi) is 4.40. The number of para-hydroxylation sites is 2. The van der Waals surface area contributed by atoms with E-state index in [0.717, 1.165) is 18.0 Å². The summed E-state index contributed by atoms with van der Waals surface area (Å²) in [5.41, 5.74) is 0.915. The third-order valence-electron chi connectivity index (χ3n) is 3.28. The highest BCUT2D eigenvalue weighted by Gasteiger charge is 2.20. The van der Waals surface area contributed by atoms with Crippen molar-refractivity contribution in [3.8, 4) is 11.5 Å². The molecule has 0 amide bonds. The zero-order valence-corrected chi connectivity index (χ0v) is 12.2. The van der Waals surface area contributed by atoms with Crippen LogP contribution in [0.1, 0.15) is 31.2 Å². The molecule has 1 fully saturated rings. The van der Waals surface area contributed by atoms with Crippen molar-refractivity contribution in [3.05, 3.63) is 41.8 Å². The van der Waals surface area contributed by atoms with Crippen molar-refractivity contribution < 1.29 is 14.0 Å². The highest BCUT2D eigenvalue weighted by atomic mass is 16.5. The molecule has 0 radical (unpaired) electrons. The van der Waals surface area contributed by atoms with Gasteiger partial charge in [-0.1, -0.05) is 17.3 Å². The molecule has 0 bridgehead atoms. The van der Waals surface area contributed by atoms with Gasteiger partial charge in [-0.15, -0.1) is 0 Å². The standard InChI is InChI=1S/C16H20N2O3/c1-2-19-15-5-3-4-6-16(15)20-11-14-9-13(18-21-14)10-17-12-7-8-12/h3-6,9,12,17H,2,7-8,10-11H2,1H3. The van der Waals surface area contributed by atoms with Crippen molar-refractivity contribution in [2.24, 2.45) is 0 Å². The lowest BCUT2D eigenvalue weighted by atomic mass is 10.3. The zero-order valence-electron chi connectivity index (χ0n) is 12.2. The first kappa shape index (κ1) is 13.9. The van der Waals surface area contributed by atoms with Crippen LogP contribution in [0.15, 0.2) is 34.9 Å². The minimum absolute atomic E-state index is 0.348. The van der Waals surface area contributed by atoms with Crippen LogP contribution >= 0.6 is 0 Å². The summed E-state index contributed by atoms with van der Waals surface area (Å²) in [6.07, 6.45) is 2.53. The molecule has 2 aromatic rings. The molecule has 1 N–H and O–H groups in total. The summed E-state index contributed by atoms with van der Waals surface area (Å²) in [6, 6.07) is 10.2. The van der Waals surface area contributed by atoms with Gasteiger partial charge in [0.2, 0.25) is 0 Å². The second-order valence-electron chi connectivity index (χ2n) is 5.11. The van der Waals surface area contributed by atoms with Gasteiger partial charge >= 0.3 is 0 Å². The number of rotatable bonds is 8. The van der Waals surface area contributed by atoms with Gasteiger partial charge < -0.3 is 19.3 Å². The van der Waals surface area contributed by atoms with E-state index in [2.05, 4.69) is 10.5 Å². The van der Waals surface area contributed by atoms with Crippen molar-refractivity contribution in [2.75, 3.05) is 6.61 Å². The van der Waals surface area contributed by atoms with Crippen LogP contribution in [0.3, 0.4) is 0 Å². The van der Waals surface area contributed by atoms with Gasteiger partial charge in [-0.05, 0) is 31.9 Å². The predicted molar refractivity (Wildman–Crippen MR) is 78.3 cm³/mol. The molecule has 1 aliphatic carbocycles. The van der Waals surface area contributed by atoms with Gasteiger partial charge in [0, 0.05) is 18.7 Å². The maximum absolute atomic E-state index is 5.75. The number of nitrogens with one attached hydrogen (secondary N) is 1. The highest BCUT2D eigenvalue weighted by Crippen LogP contribution is 2.27. The molecular formula is C16H20N2O3. The number of aromatic nitrogens is 1. The van der Waals surface area contributed by atoms with Crippen LogP contribution in [0.2, 0.25) is 0 Å². The lowest BCUT2D eigenvalue weighted by molar-refractivity contribution is 0.232. The van der Waals surface area contributed by atoms with Gasteiger partial charge in [0.1, 0.15) is 6.61 Å². The molecule has 1 saturated carbocycles. The second-order valence-corrected chi connectivity index (χ2v) is 5.11. The maximum atomic E-state index is 5.75. The third kappa shape index (κ3) is 3.98. The van der Waals surface area contributed by atoms with Crippen LogP contribution in [-0.2, 0) is 13.2 Å². The van der Waals surface area contributed by atoms with Gasteiger partial charge in [-0.25, -0.2) is 0 Å². The lowest BCUT2D eigenvalue weighted by Gasteiger charge is -2.09. The first-order chi connectivity index (χ1) is 10.3. The fourth-order valence-electron chi connectivity index (χ4n) is 2.04. The first-order valence-electron chi connectivity index (χ1n) is 7.37. The summed E-state index contributed by atoms with van der Waals surface area (Å²) in [7, 11) is 0. The fourth-order valence-corrected chi connectivity index (χ4v) is 2.04. The van der Waals surface area contributed by atoms with E-state index in [0.29, 0.717) is 30.8 Å². The van der Waals surface area contributed by atoms with Crippen LogP contribution < -0.4 is 14.8 Å². The van der Waals surface area contributed by atoms with Crippen LogP contribution in [0.5, 0.6) is 11.5 Å². The van der Waals surface area contributed by atoms with E-state index in [1.54, 1.807) is 0 Å². The van der Waals surface area contributed by atoms with E-state index < -0.39 is 0 Å². The van der Waals surface area contributed by atoms with Gasteiger partial charge in [-0.3, -0.25) is 0 Å². The van der Waals surface area contributed by atoms with Gasteiger partial charge in [0.15, 0.2) is 17.3 Å². The molecule has 1 aromatic heterocycles. The Labute approximate surface area is 124 Å². The molecule has 5 nitrogen and oxygen atoms in total. The maximum Gasteiger partial charge on any atom is 0.174 e. The van der Waals surface area contributed by atoms with Gasteiger partial charge in [-0.2, -0.15) is 0 Å². The van der Waals surface area contributed by atoms with E-state index in [1.807, 2.05) is 37.3 Å². The summed E-state index contributed by atoms with van der Waals surface area (Å²) >= 11 is 0. The molecule has 112 valence electrons. The van der Waals surface area contributed by atoms with E-state index in [-0.39, 0.29) is 0 Å². The Balaban J connectivity index is 1.54. The van der Waals surface area contributed by atoms with Crippen molar-refractivity contribution in [3.63, 3.8) is 0 Å². The largest absolute Gasteiger partial charge is 0.490 e. The van der Waals surface area contributed by atoms with Gasteiger partial charge in [0.05, 0.1) is 12.3 Å². The van der Waals surface area contributed by atoms with E-state index in [4.69, 9.17) is 14.0 Å². The fraction of sp³-hybridized carbons (Fsp3) is 0.438. The van der Waals surface area contributed by atoms with Crippen LogP contribution in [0.4, 0.5) is 0 Å². The minimum atomic E-state index is 0.348. The number of hydrogen-bond acceptors (Lipinski definition) is 5. The predicted octanol–water partition coefficient (Wildman–Crippen LogP) is 2.90. The SMILES string of the molecule is CCOc1ccccc1OCc1cc(CNC2CC2)no1. The zero-order chi connectivity index (χ0) is 14.5. The Morgan fingerprint density at radius 1 is 1.24 bits per heavy atom. The molecule has 0 atom stereocenters. The highest BCUT2D eigenvalue weighted by molar-refractivity contribution is 5.39. The average molecular weight is 288 g/mol. The molecule has 1 aliphatic rings. The summed E-state index contributed by atoms with van der Waals surface area (Å²) in [5, 5.41) is 7.44. The summed E-state index contributed by atoms with van der Waals surface area (Å²) in [6.45, 7) is 3.66. The molecule has 0 unspecified atom stereocenters. The molecular weight excluding hydrogens is 268 g/mol. The smallest absolute Gasteiger partial charge is 0.174 e. The van der Waals surface area contributed by atoms with Crippen molar-refractivity contribution >= 4 is 0 Å². The molecule has 3 rings (SSSR count). The molecule has 0 spiro atoms. The number of benzene rings is 1. The number of ether oxygens (including phenoxy) is 2. The third-order valence-corrected chi connectivity index (χ3v) is 3.28.